The SMILES string of the molecule is CCNCC1(c2ccccc2)CCN(CCC(c2ccccc2)(c2ccccc2)c2ccc(Cl)c(Cl)c2)CC1. The molecule has 1 aliphatic rings. The lowest BCUT2D eigenvalue weighted by atomic mass is 9.67. The Labute approximate surface area is 244 Å². The maximum absolute atomic E-state index is 6.63. The molecule has 2 nitrogen and oxygen atoms in total. The number of likely N-dealkylation sites (N-methyl/N-ethyl adjacent to an activating group) is 1. The number of nitrogens with one attached hydrogen (secondary N) is 1. The molecule has 4 heteroatoms. The number of rotatable bonds is 10. The number of likely N-dealkylation sites (tertiary alicyclic amines) is 1. The van der Waals surface area contributed by atoms with E-state index in [1.807, 2.05) is 6.07 Å². The summed E-state index contributed by atoms with van der Waals surface area (Å²) < 4.78 is 0. The monoisotopic (exact) mass is 556 g/mol. The first-order valence-corrected chi connectivity index (χ1v) is 14.9. The summed E-state index contributed by atoms with van der Waals surface area (Å²) in [4.78, 5) is 2.66. The van der Waals surface area contributed by atoms with Crippen molar-refractivity contribution in [2.75, 3.05) is 32.7 Å². The summed E-state index contributed by atoms with van der Waals surface area (Å²) in [5.74, 6) is 0. The van der Waals surface area contributed by atoms with Gasteiger partial charge in [0.1, 0.15) is 0 Å². The van der Waals surface area contributed by atoms with Gasteiger partial charge >= 0.3 is 0 Å². The van der Waals surface area contributed by atoms with Crippen LogP contribution < -0.4 is 5.32 Å². The number of benzene rings is 4. The molecule has 0 amide bonds. The molecule has 4 aromatic rings. The van der Waals surface area contributed by atoms with Gasteiger partial charge in [-0.05, 0) is 79.8 Å². The molecule has 1 saturated heterocycles. The lowest BCUT2D eigenvalue weighted by Crippen LogP contribution is -2.48. The quantitative estimate of drug-likeness (QED) is 0.197. The van der Waals surface area contributed by atoms with Crippen molar-refractivity contribution in [2.45, 2.75) is 37.0 Å². The van der Waals surface area contributed by atoms with Crippen LogP contribution in [0.25, 0.3) is 0 Å². The molecule has 1 heterocycles. The first-order valence-electron chi connectivity index (χ1n) is 14.1. The summed E-state index contributed by atoms with van der Waals surface area (Å²) in [7, 11) is 0. The van der Waals surface area contributed by atoms with E-state index in [1.54, 1.807) is 0 Å². The van der Waals surface area contributed by atoms with E-state index in [4.69, 9.17) is 23.2 Å². The predicted molar refractivity (Wildman–Crippen MR) is 166 cm³/mol. The van der Waals surface area contributed by atoms with Gasteiger partial charge in [0.2, 0.25) is 0 Å². The van der Waals surface area contributed by atoms with E-state index in [-0.39, 0.29) is 10.8 Å². The molecule has 202 valence electrons. The molecule has 0 aromatic heterocycles. The second-order valence-electron chi connectivity index (χ2n) is 10.8. The molecular weight excluding hydrogens is 519 g/mol. The van der Waals surface area contributed by atoms with E-state index < -0.39 is 0 Å². The minimum Gasteiger partial charge on any atom is -0.316 e. The van der Waals surface area contributed by atoms with E-state index in [0.29, 0.717) is 10.0 Å². The molecule has 1 fully saturated rings. The van der Waals surface area contributed by atoms with E-state index in [0.717, 1.165) is 52.0 Å². The van der Waals surface area contributed by atoms with Crippen molar-refractivity contribution in [1.82, 2.24) is 10.2 Å². The van der Waals surface area contributed by atoms with Crippen molar-refractivity contribution in [1.29, 1.82) is 0 Å². The Bertz CT molecular complexity index is 1280. The number of nitrogens with zero attached hydrogens (tertiary/aromatic N) is 1. The third-order valence-electron chi connectivity index (χ3n) is 8.66. The molecule has 4 aromatic carbocycles. The summed E-state index contributed by atoms with van der Waals surface area (Å²) >= 11 is 13.0. The van der Waals surface area contributed by atoms with Gasteiger partial charge in [-0.2, -0.15) is 0 Å². The summed E-state index contributed by atoms with van der Waals surface area (Å²) in [6.07, 6.45) is 3.26. The molecular formula is C35H38Cl2N2. The Kier molecular flexibility index (Phi) is 9.10. The standard InChI is InChI=1S/C35H38Cl2N2/c1-2-38-27-34(28-12-6-3-7-13-28)20-23-39(24-21-34)25-22-35(29-14-8-4-9-15-29,30-16-10-5-11-17-30)31-18-19-32(36)33(37)26-31/h3-19,26,38H,2,20-25,27H2,1H3. The van der Waals surface area contributed by atoms with Crippen LogP contribution in [0.5, 0.6) is 0 Å². The molecule has 0 spiro atoms. The van der Waals surface area contributed by atoms with Gasteiger partial charge in [0.15, 0.2) is 0 Å². The first kappa shape index (κ1) is 27.9. The largest absolute Gasteiger partial charge is 0.316 e. The Morgan fingerprint density at radius 1 is 0.718 bits per heavy atom. The van der Waals surface area contributed by atoms with Gasteiger partial charge in [-0.25, -0.2) is 0 Å². The predicted octanol–water partition coefficient (Wildman–Crippen LogP) is 8.36. The Morgan fingerprint density at radius 3 is 1.82 bits per heavy atom. The van der Waals surface area contributed by atoms with Crippen LogP contribution in [0.15, 0.2) is 109 Å². The molecule has 39 heavy (non-hydrogen) atoms. The zero-order valence-electron chi connectivity index (χ0n) is 22.8. The minimum atomic E-state index is -0.339. The lowest BCUT2D eigenvalue weighted by Gasteiger charge is -2.44. The van der Waals surface area contributed by atoms with Crippen molar-refractivity contribution in [3.05, 3.63) is 141 Å². The number of piperidine rings is 1. The van der Waals surface area contributed by atoms with Gasteiger partial charge < -0.3 is 10.2 Å². The van der Waals surface area contributed by atoms with Crippen molar-refractivity contribution in [3.63, 3.8) is 0 Å². The van der Waals surface area contributed by atoms with E-state index in [1.165, 1.54) is 22.3 Å². The van der Waals surface area contributed by atoms with Crippen molar-refractivity contribution in [3.8, 4) is 0 Å². The molecule has 0 atom stereocenters. The third kappa shape index (κ3) is 5.95. The molecule has 0 bridgehead atoms. The van der Waals surface area contributed by atoms with Gasteiger partial charge in [-0.15, -0.1) is 0 Å². The van der Waals surface area contributed by atoms with Crippen LogP contribution in [0.3, 0.4) is 0 Å². The van der Waals surface area contributed by atoms with Gasteiger partial charge in [0.25, 0.3) is 0 Å². The van der Waals surface area contributed by atoms with E-state index in [9.17, 15) is 0 Å². The fraction of sp³-hybridized carbons (Fsp3) is 0.314. The second-order valence-corrected chi connectivity index (χ2v) is 11.6. The van der Waals surface area contributed by atoms with E-state index in [2.05, 4.69) is 120 Å². The highest BCUT2D eigenvalue weighted by molar-refractivity contribution is 6.42. The summed E-state index contributed by atoms with van der Waals surface area (Å²) in [6.45, 7) is 7.39. The van der Waals surface area contributed by atoms with Crippen LogP contribution in [-0.2, 0) is 10.8 Å². The Balaban J connectivity index is 1.46. The highest BCUT2D eigenvalue weighted by Crippen LogP contribution is 2.44. The van der Waals surface area contributed by atoms with Crippen molar-refractivity contribution >= 4 is 23.2 Å². The van der Waals surface area contributed by atoms with Gasteiger partial charge in [-0.1, -0.05) is 127 Å². The third-order valence-corrected chi connectivity index (χ3v) is 9.40. The normalized spacial score (nSPS) is 15.8. The fourth-order valence-corrected chi connectivity index (χ4v) is 6.69. The maximum atomic E-state index is 6.63. The molecule has 0 unspecified atom stereocenters. The van der Waals surface area contributed by atoms with Crippen LogP contribution >= 0.6 is 23.2 Å². The zero-order chi connectivity index (χ0) is 27.1. The molecule has 1 N–H and O–H groups in total. The van der Waals surface area contributed by atoms with Crippen LogP contribution in [0.4, 0.5) is 0 Å². The lowest BCUT2D eigenvalue weighted by molar-refractivity contribution is 0.150. The number of hydrogen-bond acceptors (Lipinski definition) is 2. The average Bonchev–Trinajstić information content (AvgIpc) is 3.00. The summed E-state index contributed by atoms with van der Waals surface area (Å²) in [6, 6.07) is 39.0. The Hall–Kier alpha value is -2.62. The zero-order valence-corrected chi connectivity index (χ0v) is 24.3. The van der Waals surface area contributed by atoms with E-state index >= 15 is 0 Å². The smallest absolute Gasteiger partial charge is 0.0595 e. The number of halogens is 2. The second kappa shape index (κ2) is 12.7. The van der Waals surface area contributed by atoms with Gasteiger partial charge in [0, 0.05) is 17.4 Å². The topological polar surface area (TPSA) is 15.3 Å². The minimum absolute atomic E-state index is 0.188. The van der Waals surface area contributed by atoms with Crippen LogP contribution in [0, 0.1) is 0 Å². The van der Waals surface area contributed by atoms with Crippen LogP contribution in [-0.4, -0.2) is 37.6 Å². The van der Waals surface area contributed by atoms with Crippen LogP contribution in [0.1, 0.15) is 48.4 Å². The Morgan fingerprint density at radius 2 is 1.28 bits per heavy atom. The summed E-state index contributed by atoms with van der Waals surface area (Å²) in [5.41, 5.74) is 5.04. The highest BCUT2D eigenvalue weighted by atomic mass is 35.5. The fourth-order valence-electron chi connectivity index (χ4n) is 6.39. The summed E-state index contributed by atoms with van der Waals surface area (Å²) in [5, 5.41) is 4.85. The highest BCUT2D eigenvalue weighted by Gasteiger charge is 2.39. The molecule has 5 rings (SSSR count). The first-order chi connectivity index (χ1) is 19.1. The van der Waals surface area contributed by atoms with Gasteiger partial charge in [-0.3, -0.25) is 0 Å². The van der Waals surface area contributed by atoms with Gasteiger partial charge in [0.05, 0.1) is 10.0 Å². The molecule has 0 aliphatic carbocycles. The molecule has 1 aliphatic heterocycles. The molecule has 0 radical (unpaired) electrons. The maximum Gasteiger partial charge on any atom is 0.0595 e. The number of hydrogen-bond donors (Lipinski definition) is 1. The van der Waals surface area contributed by atoms with Crippen molar-refractivity contribution < 1.29 is 0 Å². The van der Waals surface area contributed by atoms with Crippen LogP contribution in [0.2, 0.25) is 10.0 Å². The van der Waals surface area contributed by atoms with Crippen molar-refractivity contribution in [2.24, 2.45) is 0 Å². The average molecular weight is 558 g/mol. The molecule has 0 saturated carbocycles.